The molecule has 2 saturated heterocycles. The minimum Gasteiger partial charge on any atom is -0.306 e. The molecule has 0 saturated carbocycles. The van der Waals surface area contributed by atoms with Gasteiger partial charge in [-0.05, 0) is 51.2 Å². The third-order valence-electron chi connectivity index (χ3n) is 4.21. The van der Waals surface area contributed by atoms with E-state index in [1.807, 2.05) is 0 Å². The summed E-state index contributed by atoms with van der Waals surface area (Å²) < 4.78 is 29.4. The van der Waals surface area contributed by atoms with Crippen LogP contribution in [0.3, 0.4) is 0 Å². The fraction of sp³-hybridized carbons (Fsp3) is 1.00. The zero-order valence-corrected chi connectivity index (χ0v) is 13.1. The number of piperidine rings is 2. The highest BCUT2D eigenvalue weighted by molar-refractivity contribution is 7.87. The number of nitrogens with one attached hydrogen (secondary N) is 1. The molecule has 0 spiro atoms. The molecule has 0 aliphatic carbocycles. The summed E-state index contributed by atoms with van der Waals surface area (Å²) in [6.45, 7) is 7.53. The third-order valence-corrected chi connectivity index (χ3v) is 5.82. The van der Waals surface area contributed by atoms with E-state index < -0.39 is 10.2 Å². The van der Waals surface area contributed by atoms with Gasteiger partial charge in [0.25, 0.3) is 10.2 Å². The van der Waals surface area contributed by atoms with Crippen LogP contribution < -0.4 is 4.72 Å². The van der Waals surface area contributed by atoms with Crippen molar-refractivity contribution in [2.45, 2.75) is 39.2 Å². The van der Waals surface area contributed by atoms with Gasteiger partial charge in [-0.3, -0.25) is 0 Å². The van der Waals surface area contributed by atoms with E-state index in [9.17, 15) is 8.42 Å². The van der Waals surface area contributed by atoms with Gasteiger partial charge in [0.1, 0.15) is 0 Å². The number of hydrogen-bond donors (Lipinski definition) is 1. The van der Waals surface area contributed by atoms with Gasteiger partial charge in [-0.2, -0.15) is 17.4 Å². The minimum absolute atomic E-state index is 0.105. The first-order valence-corrected chi connectivity index (χ1v) is 8.77. The van der Waals surface area contributed by atoms with Gasteiger partial charge in [0, 0.05) is 19.1 Å². The fourth-order valence-corrected chi connectivity index (χ4v) is 4.92. The molecule has 0 bridgehead atoms. The maximum Gasteiger partial charge on any atom is 0.279 e. The molecule has 2 heterocycles. The Morgan fingerprint density at radius 2 is 1.58 bits per heavy atom. The minimum atomic E-state index is -3.30. The summed E-state index contributed by atoms with van der Waals surface area (Å²) in [5.74, 6) is 0.913. The lowest BCUT2D eigenvalue weighted by atomic mass is 9.94. The number of likely N-dealkylation sites (tertiary alicyclic amines) is 1. The van der Waals surface area contributed by atoms with E-state index in [0.717, 1.165) is 32.4 Å². The Labute approximate surface area is 117 Å². The van der Waals surface area contributed by atoms with Crippen LogP contribution in [0.2, 0.25) is 0 Å². The van der Waals surface area contributed by atoms with Gasteiger partial charge in [-0.1, -0.05) is 13.8 Å². The Balaban J connectivity index is 1.94. The van der Waals surface area contributed by atoms with Crippen molar-refractivity contribution in [1.82, 2.24) is 13.9 Å². The predicted molar refractivity (Wildman–Crippen MR) is 77.1 cm³/mol. The predicted octanol–water partition coefficient (Wildman–Crippen LogP) is 0.893. The van der Waals surface area contributed by atoms with Crippen LogP contribution in [-0.2, 0) is 10.2 Å². The lowest BCUT2D eigenvalue weighted by molar-refractivity contribution is 0.213. The zero-order valence-electron chi connectivity index (χ0n) is 12.3. The normalized spacial score (nSPS) is 32.6. The second-order valence-corrected chi connectivity index (χ2v) is 8.17. The lowest BCUT2D eigenvalue weighted by Gasteiger charge is -2.36. The Morgan fingerprint density at radius 3 is 2.11 bits per heavy atom. The van der Waals surface area contributed by atoms with Crippen LogP contribution in [0.4, 0.5) is 0 Å². The van der Waals surface area contributed by atoms with E-state index in [-0.39, 0.29) is 6.04 Å². The zero-order chi connectivity index (χ0) is 14.0. The summed E-state index contributed by atoms with van der Waals surface area (Å²) in [6, 6.07) is 0.105. The summed E-state index contributed by atoms with van der Waals surface area (Å²) in [7, 11) is -1.22. The molecule has 2 fully saturated rings. The van der Waals surface area contributed by atoms with Crippen LogP contribution in [0.15, 0.2) is 0 Å². The monoisotopic (exact) mass is 289 g/mol. The molecule has 0 aromatic heterocycles. The molecule has 1 N–H and O–H groups in total. The molecule has 0 aromatic carbocycles. The van der Waals surface area contributed by atoms with E-state index in [2.05, 4.69) is 30.5 Å². The molecule has 0 amide bonds. The van der Waals surface area contributed by atoms with Crippen molar-refractivity contribution in [3.63, 3.8) is 0 Å². The highest BCUT2D eigenvalue weighted by Gasteiger charge is 2.32. The van der Waals surface area contributed by atoms with Gasteiger partial charge in [0.2, 0.25) is 0 Å². The van der Waals surface area contributed by atoms with Gasteiger partial charge >= 0.3 is 0 Å². The van der Waals surface area contributed by atoms with Crippen molar-refractivity contribution in [3.8, 4) is 0 Å². The average molecular weight is 289 g/mol. The van der Waals surface area contributed by atoms with E-state index >= 15 is 0 Å². The standard InChI is InChI=1S/C13H27N3O2S/c1-11-8-12(2)10-16(9-11)19(17,18)14-13-4-6-15(3)7-5-13/h11-14H,4-10H2,1-3H3. The van der Waals surface area contributed by atoms with Gasteiger partial charge in [0.15, 0.2) is 0 Å². The molecule has 19 heavy (non-hydrogen) atoms. The van der Waals surface area contributed by atoms with E-state index in [1.54, 1.807) is 4.31 Å². The average Bonchev–Trinajstić information content (AvgIpc) is 2.31. The smallest absolute Gasteiger partial charge is 0.279 e. The Kier molecular flexibility index (Phi) is 4.87. The molecular weight excluding hydrogens is 262 g/mol. The van der Waals surface area contributed by atoms with Crippen LogP contribution in [0.25, 0.3) is 0 Å². The maximum atomic E-state index is 12.4. The van der Waals surface area contributed by atoms with Crippen molar-refractivity contribution < 1.29 is 8.42 Å². The van der Waals surface area contributed by atoms with E-state index in [0.29, 0.717) is 24.9 Å². The topological polar surface area (TPSA) is 52.7 Å². The molecule has 2 rings (SSSR count). The first-order chi connectivity index (χ1) is 8.87. The molecule has 6 heteroatoms. The molecule has 2 aliphatic rings. The molecule has 2 unspecified atom stereocenters. The molecule has 5 nitrogen and oxygen atoms in total. The molecule has 112 valence electrons. The summed E-state index contributed by atoms with van der Waals surface area (Å²) >= 11 is 0. The van der Waals surface area contributed by atoms with Crippen molar-refractivity contribution in [1.29, 1.82) is 0 Å². The van der Waals surface area contributed by atoms with Gasteiger partial charge in [-0.25, -0.2) is 0 Å². The van der Waals surface area contributed by atoms with Crippen LogP contribution in [0.1, 0.15) is 33.1 Å². The van der Waals surface area contributed by atoms with Gasteiger partial charge in [-0.15, -0.1) is 0 Å². The summed E-state index contributed by atoms with van der Waals surface area (Å²) in [5.41, 5.74) is 0. The number of rotatable bonds is 3. The molecule has 2 atom stereocenters. The first kappa shape index (κ1) is 15.2. The molecule has 0 radical (unpaired) electrons. The second kappa shape index (κ2) is 6.08. The number of hydrogen-bond acceptors (Lipinski definition) is 3. The highest BCUT2D eigenvalue weighted by Crippen LogP contribution is 2.23. The van der Waals surface area contributed by atoms with Gasteiger partial charge < -0.3 is 4.90 Å². The van der Waals surface area contributed by atoms with Crippen molar-refractivity contribution >= 4 is 10.2 Å². The fourth-order valence-electron chi connectivity index (χ4n) is 3.21. The molecule has 0 aromatic rings. The summed E-state index contributed by atoms with van der Waals surface area (Å²) in [4.78, 5) is 2.25. The Morgan fingerprint density at radius 1 is 1.05 bits per heavy atom. The van der Waals surface area contributed by atoms with E-state index in [1.165, 1.54) is 0 Å². The van der Waals surface area contributed by atoms with Crippen molar-refractivity contribution in [3.05, 3.63) is 0 Å². The van der Waals surface area contributed by atoms with Gasteiger partial charge in [0.05, 0.1) is 0 Å². The molecular formula is C13H27N3O2S. The second-order valence-electron chi connectivity index (χ2n) is 6.46. The SMILES string of the molecule is CC1CC(C)CN(S(=O)(=O)NC2CCN(C)CC2)C1. The Bertz CT molecular complexity index is 381. The van der Waals surface area contributed by atoms with Crippen LogP contribution in [-0.4, -0.2) is 56.9 Å². The highest BCUT2D eigenvalue weighted by atomic mass is 32.2. The maximum absolute atomic E-state index is 12.4. The quantitative estimate of drug-likeness (QED) is 0.839. The van der Waals surface area contributed by atoms with Crippen LogP contribution >= 0.6 is 0 Å². The van der Waals surface area contributed by atoms with Crippen LogP contribution in [0, 0.1) is 11.8 Å². The lowest BCUT2D eigenvalue weighted by Crippen LogP contribution is -2.52. The van der Waals surface area contributed by atoms with Crippen molar-refractivity contribution in [2.75, 3.05) is 33.2 Å². The summed E-state index contributed by atoms with van der Waals surface area (Å²) in [6.07, 6.45) is 2.95. The summed E-state index contributed by atoms with van der Waals surface area (Å²) in [5, 5.41) is 0. The van der Waals surface area contributed by atoms with Crippen molar-refractivity contribution in [2.24, 2.45) is 11.8 Å². The first-order valence-electron chi connectivity index (χ1n) is 7.33. The van der Waals surface area contributed by atoms with E-state index in [4.69, 9.17) is 0 Å². The molecule has 2 aliphatic heterocycles. The van der Waals surface area contributed by atoms with Crippen LogP contribution in [0.5, 0.6) is 0 Å². The Hall–Kier alpha value is -0.170. The number of nitrogens with zero attached hydrogens (tertiary/aromatic N) is 2. The third kappa shape index (κ3) is 4.15. The largest absolute Gasteiger partial charge is 0.306 e.